The number of hydrogen-bond donors (Lipinski definition) is 2. The maximum Gasteiger partial charge on any atom is 0.237 e. The number of carbonyl (C=O) groups is 1. The van der Waals surface area contributed by atoms with Gasteiger partial charge >= 0.3 is 0 Å². The highest BCUT2D eigenvalue weighted by Gasteiger charge is 2.33. The van der Waals surface area contributed by atoms with Gasteiger partial charge in [-0.15, -0.1) is 0 Å². The van der Waals surface area contributed by atoms with Crippen molar-refractivity contribution in [1.29, 1.82) is 0 Å². The van der Waals surface area contributed by atoms with Gasteiger partial charge < -0.3 is 10.6 Å². The van der Waals surface area contributed by atoms with Crippen molar-refractivity contribution in [2.45, 2.75) is 12.0 Å². The topological polar surface area (TPSA) is 41.1 Å². The molecule has 0 spiro atoms. The number of hydrogen-bond acceptors (Lipinski definition) is 2. The van der Waals surface area contributed by atoms with Gasteiger partial charge in [0.25, 0.3) is 0 Å². The lowest BCUT2D eigenvalue weighted by Gasteiger charge is -2.15. The molecule has 1 saturated heterocycles. The van der Waals surface area contributed by atoms with E-state index in [1.807, 2.05) is 25.2 Å². The van der Waals surface area contributed by atoms with Crippen molar-refractivity contribution in [2.75, 3.05) is 13.6 Å². The van der Waals surface area contributed by atoms with Crippen LogP contribution in [0, 0.1) is 0 Å². The van der Waals surface area contributed by atoms with Crippen molar-refractivity contribution in [1.82, 2.24) is 10.6 Å². The number of carbonyl (C=O) groups excluding carboxylic acids is 1. The highest BCUT2D eigenvalue weighted by molar-refractivity contribution is 5.85. The van der Waals surface area contributed by atoms with Crippen molar-refractivity contribution in [3.05, 3.63) is 35.9 Å². The zero-order valence-electron chi connectivity index (χ0n) is 8.16. The van der Waals surface area contributed by atoms with Crippen LogP contribution in [0.2, 0.25) is 0 Å². The summed E-state index contributed by atoms with van der Waals surface area (Å²) in [5.41, 5.74) is 1.21. The minimum absolute atomic E-state index is 0.0857. The lowest BCUT2D eigenvalue weighted by molar-refractivity contribution is -0.120. The quantitative estimate of drug-likeness (QED) is 0.712. The van der Waals surface area contributed by atoms with Gasteiger partial charge in [0, 0.05) is 12.5 Å². The molecule has 1 aliphatic rings. The molecule has 1 aliphatic heterocycles. The summed E-state index contributed by atoms with van der Waals surface area (Å²) in [4.78, 5) is 11.4. The molecule has 0 aliphatic carbocycles. The van der Waals surface area contributed by atoms with Crippen LogP contribution in [-0.2, 0) is 4.79 Å². The highest BCUT2D eigenvalue weighted by atomic mass is 16.2. The van der Waals surface area contributed by atoms with Crippen LogP contribution in [0.5, 0.6) is 0 Å². The van der Waals surface area contributed by atoms with E-state index in [-0.39, 0.29) is 17.9 Å². The van der Waals surface area contributed by atoms with Crippen molar-refractivity contribution in [2.24, 2.45) is 0 Å². The average Bonchev–Trinajstić information content (AvgIpc) is 2.61. The Morgan fingerprint density at radius 3 is 2.71 bits per heavy atom. The smallest absolute Gasteiger partial charge is 0.237 e. The standard InChI is InChI=1S/C11H14N2O/c1-12-10-9(7-13-11(10)14)8-5-3-2-4-6-8/h2-6,9-10,12H,7H2,1H3,(H,13,14)/t9-,10+/m0/s1. The minimum atomic E-state index is -0.0857. The van der Waals surface area contributed by atoms with Crippen LogP contribution in [-0.4, -0.2) is 25.5 Å². The Morgan fingerprint density at radius 1 is 1.36 bits per heavy atom. The maximum absolute atomic E-state index is 11.4. The zero-order valence-corrected chi connectivity index (χ0v) is 8.16. The second kappa shape index (κ2) is 3.80. The summed E-state index contributed by atoms with van der Waals surface area (Å²) in [5, 5.41) is 5.92. The molecule has 1 aromatic rings. The van der Waals surface area contributed by atoms with Gasteiger partial charge in [0.1, 0.15) is 0 Å². The van der Waals surface area contributed by atoms with Crippen LogP contribution in [0.4, 0.5) is 0 Å². The summed E-state index contributed by atoms with van der Waals surface area (Å²) >= 11 is 0. The van der Waals surface area contributed by atoms with Crippen LogP contribution in [0.1, 0.15) is 11.5 Å². The Kier molecular flexibility index (Phi) is 2.50. The van der Waals surface area contributed by atoms with Crippen LogP contribution in [0.25, 0.3) is 0 Å². The SMILES string of the molecule is CN[C@H]1C(=O)NC[C@H]1c1ccccc1. The van der Waals surface area contributed by atoms with Crippen LogP contribution >= 0.6 is 0 Å². The first kappa shape index (κ1) is 9.21. The Morgan fingerprint density at radius 2 is 2.07 bits per heavy atom. The summed E-state index contributed by atoms with van der Waals surface area (Å²) in [6.07, 6.45) is 0. The molecule has 1 fully saturated rings. The number of rotatable bonds is 2. The first-order valence-electron chi connectivity index (χ1n) is 4.83. The van der Waals surface area contributed by atoms with Crippen LogP contribution < -0.4 is 10.6 Å². The molecule has 0 radical (unpaired) electrons. The van der Waals surface area contributed by atoms with Crippen molar-refractivity contribution in [3.63, 3.8) is 0 Å². The minimum Gasteiger partial charge on any atom is -0.354 e. The Bertz CT molecular complexity index is 323. The second-order valence-corrected chi connectivity index (χ2v) is 3.53. The van der Waals surface area contributed by atoms with E-state index in [1.165, 1.54) is 5.56 Å². The van der Waals surface area contributed by atoms with E-state index >= 15 is 0 Å². The third kappa shape index (κ3) is 1.51. The summed E-state index contributed by atoms with van der Waals surface area (Å²) in [6.45, 7) is 0.731. The van der Waals surface area contributed by atoms with Gasteiger partial charge in [-0.3, -0.25) is 4.79 Å². The van der Waals surface area contributed by atoms with Gasteiger partial charge in [-0.25, -0.2) is 0 Å². The average molecular weight is 190 g/mol. The van der Waals surface area contributed by atoms with E-state index in [0.29, 0.717) is 0 Å². The van der Waals surface area contributed by atoms with Crippen molar-refractivity contribution < 1.29 is 4.79 Å². The molecule has 1 aromatic carbocycles. The van der Waals surface area contributed by atoms with E-state index in [1.54, 1.807) is 0 Å². The summed E-state index contributed by atoms with van der Waals surface area (Å²) < 4.78 is 0. The third-order valence-electron chi connectivity index (χ3n) is 2.72. The number of likely N-dealkylation sites (N-methyl/N-ethyl adjacent to an activating group) is 1. The van der Waals surface area contributed by atoms with Crippen LogP contribution in [0.15, 0.2) is 30.3 Å². The van der Waals surface area contributed by atoms with E-state index in [0.717, 1.165) is 6.54 Å². The molecule has 0 bridgehead atoms. The Labute approximate surface area is 83.5 Å². The molecule has 2 N–H and O–H groups in total. The number of benzene rings is 1. The molecular weight excluding hydrogens is 176 g/mol. The summed E-state index contributed by atoms with van der Waals surface area (Å²) in [7, 11) is 1.82. The molecular formula is C11H14N2O. The molecule has 3 nitrogen and oxygen atoms in total. The second-order valence-electron chi connectivity index (χ2n) is 3.53. The monoisotopic (exact) mass is 190 g/mol. The molecule has 1 amide bonds. The van der Waals surface area contributed by atoms with Crippen LogP contribution in [0.3, 0.4) is 0 Å². The Hall–Kier alpha value is -1.35. The van der Waals surface area contributed by atoms with Crippen molar-refractivity contribution >= 4 is 5.91 Å². The molecule has 2 rings (SSSR count). The van der Waals surface area contributed by atoms with Gasteiger partial charge in [0.2, 0.25) is 5.91 Å². The predicted octanol–water partition coefficient (Wildman–Crippen LogP) is 0.488. The van der Waals surface area contributed by atoms with Gasteiger partial charge in [-0.1, -0.05) is 30.3 Å². The summed E-state index contributed by atoms with van der Waals surface area (Å²) in [5.74, 6) is 0.357. The van der Waals surface area contributed by atoms with Gasteiger partial charge in [-0.2, -0.15) is 0 Å². The lowest BCUT2D eigenvalue weighted by Crippen LogP contribution is -2.36. The fourth-order valence-corrected chi connectivity index (χ4v) is 1.96. The van der Waals surface area contributed by atoms with Gasteiger partial charge in [0.05, 0.1) is 6.04 Å². The molecule has 0 unspecified atom stereocenters. The van der Waals surface area contributed by atoms with E-state index in [9.17, 15) is 4.79 Å². The third-order valence-corrected chi connectivity index (χ3v) is 2.72. The largest absolute Gasteiger partial charge is 0.354 e. The van der Waals surface area contributed by atoms with Gasteiger partial charge in [0.15, 0.2) is 0 Å². The Balaban J connectivity index is 2.23. The van der Waals surface area contributed by atoms with Gasteiger partial charge in [-0.05, 0) is 12.6 Å². The molecule has 14 heavy (non-hydrogen) atoms. The fraction of sp³-hybridized carbons (Fsp3) is 0.364. The number of amides is 1. The molecule has 1 heterocycles. The normalized spacial score (nSPS) is 26.2. The fourth-order valence-electron chi connectivity index (χ4n) is 1.96. The first-order valence-corrected chi connectivity index (χ1v) is 4.83. The molecule has 0 saturated carbocycles. The van der Waals surface area contributed by atoms with E-state index in [2.05, 4.69) is 22.8 Å². The zero-order chi connectivity index (χ0) is 9.97. The molecule has 0 aromatic heterocycles. The summed E-state index contributed by atoms with van der Waals surface area (Å²) in [6, 6.07) is 10.0. The van der Waals surface area contributed by atoms with E-state index in [4.69, 9.17) is 0 Å². The highest BCUT2D eigenvalue weighted by Crippen LogP contribution is 2.22. The van der Waals surface area contributed by atoms with E-state index < -0.39 is 0 Å². The molecule has 2 atom stereocenters. The first-order chi connectivity index (χ1) is 6.83. The maximum atomic E-state index is 11.4. The predicted molar refractivity (Wildman–Crippen MR) is 55.0 cm³/mol. The number of nitrogens with one attached hydrogen (secondary N) is 2. The molecule has 3 heteroatoms. The van der Waals surface area contributed by atoms with Crippen molar-refractivity contribution in [3.8, 4) is 0 Å². The lowest BCUT2D eigenvalue weighted by atomic mass is 9.94. The molecule has 74 valence electrons.